The van der Waals surface area contributed by atoms with Crippen molar-refractivity contribution in [3.05, 3.63) is 30.8 Å². The van der Waals surface area contributed by atoms with Gasteiger partial charge in [0.2, 0.25) is 5.91 Å². The monoisotopic (exact) mass is 300 g/mol. The lowest BCUT2D eigenvalue weighted by Crippen LogP contribution is -2.15. The Morgan fingerprint density at radius 3 is 2.91 bits per heavy atom. The van der Waals surface area contributed by atoms with E-state index in [9.17, 15) is 4.79 Å². The van der Waals surface area contributed by atoms with Crippen LogP contribution in [-0.2, 0) is 4.79 Å². The highest BCUT2D eigenvalue weighted by Crippen LogP contribution is 2.33. The second-order valence-corrected chi connectivity index (χ2v) is 5.68. The predicted molar refractivity (Wildman–Crippen MR) is 83.7 cm³/mol. The van der Waals surface area contributed by atoms with Gasteiger partial charge in [-0.2, -0.15) is 0 Å². The van der Waals surface area contributed by atoms with Gasteiger partial charge in [0.1, 0.15) is 5.75 Å². The van der Waals surface area contributed by atoms with Crippen LogP contribution in [0.1, 0.15) is 32.1 Å². The maximum atomic E-state index is 12.1. The van der Waals surface area contributed by atoms with Crippen molar-refractivity contribution < 1.29 is 13.9 Å². The van der Waals surface area contributed by atoms with Crippen LogP contribution in [0.2, 0.25) is 0 Å². The molecule has 5 nitrogen and oxygen atoms in total. The number of anilines is 1. The van der Waals surface area contributed by atoms with Crippen molar-refractivity contribution in [2.45, 2.75) is 32.1 Å². The Kier molecular flexibility index (Phi) is 4.42. The van der Waals surface area contributed by atoms with E-state index >= 15 is 0 Å². The van der Waals surface area contributed by atoms with Gasteiger partial charge in [-0.1, -0.05) is 12.8 Å². The standard InChI is InChI=1S/C17H20N2O3/c1-21-15-9-13(6-7-14(15)16-10-18-11-22-16)19-17(20)8-12-4-2-3-5-12/h6-7,9-12H,2-5,8H2,1H3,(H,19,20). The summed E-state index contributed by atoms with van der Waals surface area (Å²) in [7, 11) is 1.60. The van der Waals surface area contributed by atoms with E-state index in [0.29, 0.717) is 23.8 Å². The number of hydrogen-bond acceptors (Lipinski definition) is 4. The molecular weight excluding hydrogens is 280 g/mol. The molecule has 1 aliphatic carbocycles. The Bertz CT molecular complexity index is 631. The minimum absolute atomic E-state index is 0.0707. The van der Waals surface area contributed by atoms with Crippen LogP contribution in [0, 0.1) is 5.92 Å². The second kappa shape index (κ2) is 6.64. The Morgan fingerprint density at radius 1 is 1.41 bits per heavy atom. The molecule has 3 rings (SSSR count). The van der Waals surface area contributed by atoms with E-state index in [1.807, 2.05) is 18.2 Å². The fourth-order valence-corrected chi connectivity index (χ4v) is 3.01. The van der Waals surface area contributed by atoms with E-state index < -0.39 is 0 Å². The van der Waals surface area contributed by atoms with Crippen molar-refractivity contribution in [3.8, 4) is 17.1 Å². The molecule has 5 heteroatoms. The highest BCUT2D eigenvalue weighted by Gasteiger charge is 2.19. The number of hydrogen-bond donors (Lipinski definition) is 1. The first-order valence-electron chi connectivity index (χ1n) is 7.63. The summed E-state index contributed by atoms with van der Waals surface area (Å²) in [6, 6.07) is 5.53. The minimum atomic E-state index is 0.0707. The van der Waals surface area contributed by atoms with Crippen LogP contribution in [0.25, 0.3) is 11.3 Å². The third-order valence-electron chi connectivity index (χ3n) is 4.13. The zero-order valence-corrected chi connectivity index (χ0v) is 12.7. The number of carbonyl (C=O) groups is 1. The number of carbonyl (C=O) groups excluding carboxylic acids is 1. The third-order valence-corrected chi connectivity index (χ3v) is 4.13. The molecule has 1 amide bonds. The summed E-state index contributed by atoms with van der Waals surface area (Å²) in [6.45, 7) is 0. The number of oxazole rings is 1. The second-order valence-electron chi connectivity index (χ2n) is 5.68. The average molecular weight is 300 g/mol. The quantitative estimate of drug-likeness (QED) is 0.910. The van der Waals surface area contributed by atoms with Crippen molar-refractivity contribution in [1.82, 2.24) is 4.98 Å². The van der Waals surface area contributed by atoms with Gasteiger partial charge in [-0.25, -0.2) is 4.98 Å². The number of ether oxygens (including phenoxy) is 1. The number of rotatable bonds is 5. The molecule has 116 valence electrons. The summed E-state index contributed by atoms with van der Waals surface area (Å²) in [5.74, 6) is 1.90. The largest absolute Gasteiger partial charge is 0.496 e. The Labute approximate surface area is 129 Å². The zero-order chi connectivity index (χ0) is 15.4. The normalized spacial score (nSPS) is 15.0. The van der Waals surface area contributed by atoms with Crippen molar-refractivity contribution >= 4 is 11.6 Å². The summed E-state index contributed by atoms with van der Waals surface area (Å²) in [6.07, 6.45) is 8.45. The number of methoxy groups -OCH3 is 1. The van der Waals surface area contributed by atoms with Gasteiger partial charge >= 0.3 is 0 Å². The molecule has 1 aromatic carbocycles. The highest BCUT2D eigenvalue weighted by molar-refractivity contribution is 5.91. The van der Waals surface area contributed by atoms with Crippen LogP contribution in [0.3, 0.4) is 0 Å². The van der Waals surface area contributed by atoms with Crippen LogP contribution in [-0.4, -0.2) is 18.0 Å². The van der Waals surface area contributed by atoms with E-state index in [4.69, 9.17) is 9.15 Å². The SMILES string of the molecule is COc1cc(NC(=O)CC2CCCC2)ccc1-c1cnco1. The lowest BCUT2D eigenvalue weighted by atomic mass is 10.0. The van der Waals surface area contributed by atoms with Gasteiger partial charge in [-0.15, -0.1) is 0 Å². The summed E-state index contributed by atoms with van der Waals surface area (Å²) >= 11 is 0. The molecule has 1 heterocycles. The molecule has 1 aromatic heterocycles. The molecule has 2 aromatic rings. The van der Waals surface area contributed by atoms with Gasteiger partial charge in [0.05, 0.1) is 18.9 Å². The molecule has 0 saturated heterocycles. The Hall–Kier alpha value is -2.30. The minimum Gasteiger partial charge on any atom is -0.496 e. The number of nitrogens with one attached hydrogen (secondary N) is 1. The maximum absolute atomic E-state index is 12.1. The smallest absolute Gasteiger partial charge is 0.224 e. The van der Waals surface area contributed by atoms with E-state index in [1.165, 1.54) is 32.1 Å². The zero-order valence-electron chi connectivity index (χ0n) is 12.7. The first-order chi connectivity index (χ1) is 10.8. The molecule has 1 fully saturated rings. The van der Waals surface area contributed by atoms with Crippen LogP contribution in [0.5, 0.6) is 5.75 Å². The Balaban J connectivity index is 1.70. The van der Waals surface area contributed by atoms with Crippen LogP contribution in [0.15, 0.2) is 35.2 Å². The average Bonchev–Trinajstić information content (AvgIpc) is 3.20. The first kappa shape index (κ1) is 14.6. The molecule has 1 N–H and O–H groups in total. The van der Waals surface area contributed by atoms with Crippen LogP contribution in [0.4, 0.5) is 5.69 Å². The molecule has 1 aliphatic rings. The Morgan fingerprint density at radius 2 is 2.23 bits per heavy atom. The van der Waals surface area contributed by atoms with Gasteiger partial charge in [-0.05, 0) is 30.9 Å². The van der Waals surface area contributed by atoms with Crippen molar-refractivity contribution in [2.75, 3.05) is 12.4 Å². The van der Waals surface area contributed by atoms with Crippen molar-refractivity contribution in [1.29, 1.82) is 0 Å². The van der Waals surface area contributed by atoms with Crippen LogP contribution >= 0.6 is 0 Å². The molecule has 0 unspecified atom stereocenters. The van der Waals surface area contributed by atoms with E-state index in [1.54, 1.807) is 13.3 Å². The number of nitrogens with zero attached hydrogens (tertiary/aromatic N) is 1. The maximum Gasteiger partial charge on any atom is 0.224 e. The van der Waals surface area contributed by atoms with Crippen molar-refractivity contribution in [3.63, 3.8) is 0 Å². The molecule has 0 atom stereocenters. The van der Waals surface area contributed by atoms with E-state index in [0.717, 1.165) is 11.3 Å². The van der Waals surface area contributed by atoms with Crippen LogP contribution < -0.4 is 10.1 Å². The molecule has 0 spiro atoms. The number of aromatic nitrogens is 1. The van der Waals surface area contributed by atoms with Gasteiger partial charge in [0.15, 0.2) is 12.2 Å². The molecule has 0 bridgehead atoms. The fraction of sp³-hybridized carbons (Fsp3) is 0.412. The van der Waals surface area contributed by atoms with Gasteiger partial charge < -0.3 is 14.5 Å². The molecule has 0 radical (unpaired) electrons. The molecule has 22 heavy (non-hydrogen) atoms. The first-order valence-corrected chi connectivity index (χ1v) is 7.63. The lowest BCUT2D eigenvalue weighted by molar-refractivity contribution is -0.117. The van der Waals surface area contributed by atoms with Gasteiger partial charge in [-0.3, -0.25) is 4.79 Å². The highest BCUT2D eigenvalue weighted by atomic mass is 16.5. The molecule has 1 saturated carbocycles. The number of benzene rings is 1. The summed E-state index contributed by atoms with van der Waals surface area (Å²) in [5, 5.41) is 2.95. The topological polar surface area (TPSA) is 64.4 Å². The summed E-state index contributed by atoms with van der Waals surface area (Å²) < 4.78 is 10.7. The van der Waals surface area contributed by atoms with Crippen molar-refractivity contribution in [2.24, 2.45) is 5.92 Å². The van der Waals surface area contributed by atoms with Gasteiger partial charge in [0.25, 0.3) is 0 Å². The third kappa shape index (κ3) is 3.30. The number of amides is 1. The van der Waals surface area contributed by atoms with Gasteiger partial charge in [0, 0.05) is 18.2 Å². The van der Waals surface area contributed by atoms with E-state index in [-0.39, 0.29) is 5.91 Å². The molecular formula is C17H20N2O3. The summed E-state index contributed by atoms with van der Waals surface area (Å²) in [5.41, 5.74) is 1.55. The lowest BCUT2D eigenvalue weighted by Gasteiger charge is -2.12. The predicted octanol–water partition coefficient (Wildman–Crippen LogP) is 3.87. The summed E-state index contributed by atoms with van der Waals surface area (Å²) in [4.78, 5) is 16.0. The fourth-order valence-electron chi connectivity index (χ4n) is 3.01. The molecule has 0 aliphatic heterocycles. The van der Waals surface area contributed by atoms with E-state index in [2.05, 4.69) is 10.3 Å².